The lowest BCUT2D eigenvalue weighted by atomic mass is 10.3. The maximum atomic E-state index is 11.7. The lowest BCUT2D eigenvalue weighted by molar-refractivity contribution is 0.150. The van der Waals surface area contributed by atoms with Crippen LogP contribution < -0.4 is 0 Å². The molecule has 0 spiro atoms. The van der Waals surface area contributed by atoms with E-state index in [9.17, 15) is 8.78 Å². The van der Waals surface area contributed by atoms with Crippen LogP contribution in [0.15, 0.2) is 18.5 Å². The first-order chi connectivity index (χ1) is 4.30. The minimum absolute atomic E-state index is 0.0926. The molecule has 9 heavy (non-hydrogen) atoms. The molecule has 0 saturated heterocycles. The van der Waals surface area contributed by atoms with Gasteiger partial charge in [-0.05, 0) is 6.07 Å². The van der Waals surface area contributed by atoms with Crippen LogP contribution in [0.4, 0.5) is 8.78 Å². The third kappa shape index (κ3) is 1.42. The average molecular weight is 130 g/mol. The van der Waals surface area contributed by atoms with Crippen molar-refractivity contribution < 1.29 is 8.78 Å². The number of nitrogens with zero attached hydrogens (tertiary/aromatic N) is 2. The second-order valence-electron chi connectivity index (χ2n) is 1.48. The molecule has 48 valence electrons. The first-order valence-corrected chi connectivity index (χ1v) is 2.35. The third-order valence-electron chi connectivity index (χ3n) is 0.859. The lowest BCUT2D eigenvalue weighted by Gasteiger charge is -1.93. The predicted molar refractivity (Wildman–Crippen MR) is 27.0 cm³/mol. The van der Waals surface area contributed by atoms with E-state index in [-0.39, 0.29) is 5.56 Å². The maximum Gasteiger partial charge on any atom is 0.265 e. The van der Waals surface area contributed by atoms with Crippen molar-refractivity contribution >= 4 is 0 Å². The maximum absolute atomic E-state index is 11.7. The minimum Gasteiger partial charge on any atom is -0.205 e. The van der Waals surface area contributed by atoms with Crippen molar-refractivity contribution in [3.63, 3.8) is 0 Å². The highest BCUT2D eigenvalue weighted by Crippen LogP contribution is 2.15. The number of alkyl halides is 2. The summed E-state index contributed by atoms with van der Waals surface area (Å²) in [6, 6.07) is 1.23. The van der Waals surface area contributed by atoms with Crippen LogP contribution in [0.25, 0.3) is 0 Å². The van der Waals surface area contributed by atoms with Crippen LogP contribution in [0, 0.1) is 0 Å². The third-order valence-corrected chi connectivity index (χ3v) is 0.859. The Balaban J connectivity index is 2.85. The molecule has 0 atom stereocenters. The first kappa shape index (κ1) is 6.07. The van der Waals surface area contributed by atoms with Gasteiger partial charge in [-0.25, -0.2) is 8.78 Å². The van der Waals surface area contributed by atoms with Gasteiger partial charge in [-0.2, -0.15) is 10.2 Å². The highest BCUT2D eigenvalue weighted by molar-refractivity contribution is 5.05. The summed E-state index contributed by atoms with van der Waals surface area (Å²) < 4.78 is 23.4. The van der Waals surface area contributed by atoms with Gasteiger partial charge in [0.2, 0.25) is 0 Å². The van der Waals surface area contributed by atoms with Gasteiger partial charge in [0.15, 0.2) is 0 Å². The smallest absolute Gasteiger partial charge is 0.205 e. The fourth-order valence-electron chi connectivity index (χ4n) is 0.430. The van der Waals surface area contributed by atoms with Crippen LogP contribution in [-0.2, 0) is 0 Å². The molecule has 4 heteroatoms. The summed E-state index contributed by atoms with van der Waals surface area (Å²) in [5.74, 6) is 0. The van der Waals surface area contributed by atoms with E-state index in [2.05, 4.69) is 10.2 Å². The number of hydrogen-bond donors (Lipinski definition) is 0. The van der Waals surface area contributed by atoms with Gasteiger partial charge in [0.25, 0.3) is 6.43 Å². The van der Waals surface area contributed by atoms with E-state index in [1.165, 1.54) is 12.3 Å². The molecule has 2 nitrogen and oxygen atoms in total. The monoisotopic (exact) mass is 130 g/mol. The fourth-order valence-corrected chi connectivity index (χ4v) is 0.430. The van der Waals surface area contributed by atoms with E-state index in [4.69, 9.17) is 0 Å². The van der Waals surface area contributed by atoms with Gasteiger partial charge < -0.3 is 0 Å². The molecule has 0 amide bonds. The summed E-state index contributed by atoms with van der Waals surface area (Å²) in [5.41, 5.74) is -0.0926. The van der Waals surface area contributed by atoms with E-state index < -0.39 is 6.43 Å². The number of rotatable bonds is 1. The molecule has 0 aliphatic carbocycles. The molecule has 1 rings (SSSR count). The van der Waals surface area contributed by atoms with Crippen molar-refractivity contribution in [2.45, 2.75) is 6.43 Å². The fraction of sp³-hybridized carbons (Fsp3) is 0.200. The van der Waals surface area contributed by atoms with Gasteiger partial charge in [0.1, 0.15) is 0 Å². The van der Waals surface area contributed by atoms with E-state index in [1.54, 1.807) is 0 Å². The van der Waals surface area contributed by atoms with Crippen molar-refractivity contribution in [2.24, 2.45) is 0 Å². The molecule has 0 fully saturated rings. The normalized spacial score (nSPS) is 10.1. The Morgan fingerprint density at radius 2 is 2.11 bits per heavy atom. The quantitative estimate of drug-likeness (QED) is 0.574. The highest BCUT2D eigenvalue weighted by Gasteiger charge is 2.04. The molecule has 0 N–H and O–H groups in total. The molecule has 1 aromatic rings. The Kier molecular flexibility index (Phi) is 1.67. The zero-order chi connectivity index (χ0) is 6.69. The Morgan fingerprint density at radius 1 is 1.33 bits per heavy atom. The second-order valence-corrected chi connectivity index (χ2v) is 1.48. The van der Waals surface area contributed by atoms with Crippen LogP contribution in [0.5, 0.6) is 0 Å². The van der Waals surface area contributed by atoms with E-state index >= 15 is 0 Å². The zero-order valence-electron chi connectivity index (χ0n) is 4.46. The molecule has 0 unspecified atom stereocenters. The van der Waals surface area contributed by atoms with E-state index in [1.807, 2.05) is 0 Å². The molecule has 0 radical (unpaired) electrons. The molecule has 1 aromatic heterocycles. The van der Waals surface area contributed by atoms with Gasteiger partial charge in [-0.15, -0.1) is 0 Å². The average Bonchev–Trinajstić information content (AvgIpc) is 1.90. The van der Waals surface area contributed by atoms with E-state index in [0.717, 1.165) is 6.20 Å². The summed E-state index contributed by atoms with van der Waals surface area (Å²) in [4.78, 5) is 0. The highest BCUT2D eigenvalue weighted by atomic mass is 19.3. The molecule has 0 aliphatic heterocycles. The summed E-state index contributed by atoms with van der Waals surface area (Å²) in [6.45, 7) is 0. The van der Waals surface area contributed by atoms with Crippen molar-refractivity contribution in [3.05, 3.63) is 24.0 Å². The van der Waals surface area contributed by atoms with Crippen LogP contribution in [0.2, 0.25) is 0 Å². The van der Waals surface area contributed by atoms with Crippen molar-refractivity contribution in [1.82, 2.24) is 10.2 Å². The molecule has 1 heterocycles. The lowest BCUT2D eigenvalue weighted by Crippen LogP contribution is -1.85. The first-order valence-electron chi connectivity index (χ1n) is 2.35. The van der Waals surface area contributed by atoms with Crippen LogP contribution in [0.1, 0.15) is 12.0 Å². The Labute approximate surface area is 50.5 Å². The van der Waals surface area contributed by atoms with Crippen molar-refractivity contribution in [3.8, 4) is 0 Å². The van der Waals surface area contributed by atoms with Crippen LogP contribution in [0.3, 0.4) is 0 Å². The molecule has 0 bridgehead atoms. The molecular formula is C5H4F2N2. The number of hydrogen-bond acceptors (Lipinski definition) is 2. The standard InChI is InChI=1S/C5H4F2N2/c6-5(7)4-1-2-8-9-3-4/h1-3,5H. The minimum atomic E-state index is -2.44. The van der Waals surface area contributed by atoms with Gasteiger partial charge in [-0.1, -0.05) is 0 Å². The summed E-state index contributed by atoms with van der Waals surface area (Å²) in [7, 11) is 0. The van der Waals surface area contributed by atoms with Crippen molar-refractivity contribution in [2.75, 3.05) is 0 Å². The van der Waals surface area contributed by atoms with Gasteiger partial charge in [-0.3, -0.25) is 0 Å². The SMILES string of the molecule is FC(F)c1ccnnc1. The van der Waals surface area contributed by atoms with Gasteiger partial charge >= 0.3 is 0 Å². The zero-order valence-corrected chi connectivity index (χ0v) is 4.46. The molecule has 0 aliphatic rings. The Hall–Kier alpha value is -1.06. The largest absolute Gasteiger partial charge is 0.265 e. The Bertz CT molecular complexity index is 176. The van der Waals surface area contributed by atoms with Gasteiger partial charge in [0, 0.05) is 5.56 Å². The molecule has 0 aromatic carbocycles. The van der Waals surface area contributed by atoms with E-state index in [0.29, 0.717) is 0 Å². The summed E-state index contributed by atoms with van der Waals surface area (Å²) in [5, 5.41) is 6.62. The Morgan fingerprint density at radius 3 is 2.44 bits per heavy atom. The van der Waals surface area contributed by atoms with Gasteiger partial charge in [0.05, 0.1) is 12.4 Å². The second kappa shape index (κ2) is 2.48. The topological polar surface area (TPSA) is 25.8 Å². The molecular weight excluding hydrogens is 126 g/mol. The number of aromatic nitrogens is 2. The summed E-state index contributed by atoms with van der Waals surface area (Å²) >= 11 is 0. The van der Waals surface area contributed by atoms with Crippen LogP contribution >= 0.6 is 0 Å². The molecule has 0 saturated carbocycles. The van der Waals surface area contributed by atoms with Crippen molar-refractivity contribution in [1.29, 1.82) is 0 Å². The van der Waals surface area contributed by atoms with Crippen LogP contribution in [-0.4, -0.2) is 10.2 Å². The number of halogens is 2. The predicted octanol–water partition coefficient (Wildman–Crippen LogP) is 1.41. The summed E-state index contributed by atoms with van der Waals surface area (Å²) in [6.07, 6.45) is -0.160.